The second-order valence-electron chi connectivity index (χ2n) is 4.62. The summed E-state index contributed by atoms with van der Waals surface area (Å²) in [5.41, 5.74) is 0.885. The Bertz CT molecular complexity index is 664. The molecular formula is C16H15ClFNO2S. The maximum atomic E-state index is 13.0. The SMILES string of the molecule is CSc1ccc(C(O)CNC(=O)c2ccc(F)cc2Cl)cc1. The Kier molecular flexibility index (Phi) is 5.83. The molecule has 0 saturated heterocycles. The van der Waals surface area contributed by atoms with Gasteiger partial charge in [-0.2, -0.15) is 0 Å². The maximum absolute atomic E-state index is 13.0. The van der Waals surface area contributed by atoms with E-state index in [-0.39, 0.29) is 17.1 Å². The molecule has 1 amide bonds. The van der Waals surface area contributed by atoms with Crippen LogP contribution in [0.4, 0.5) is 4.39 Å². The summed E-state index contributed by atoms with van der Waals surface area (Å²) < 4.78 is 13.0. The summed E-state index contributed by atoms with van der Waals surface area (Å²) in [5, 5.41) is 12.7. The predicted molar refractivity (Wildman–Crippen MR) is 86.9 cm³/mol. The molecule has 0 fully saturated rings. The molecule has 0 bridgehead atoms. The summed E-state index contributed by atoms with van der Waals surface area (Å²) in [6, 6.07) is 11.0. The van der Waals surface area contributed by atoms with Crippen LogP contribution in [0.5, 0.6) is 0 Å². The largest absolute Gasteiger partial charge is 0.387 e. The van der Waals surface area contributed by atoms with E-state index in [0.717, 1.165) is 11.0 Å². The molecule has 2 aromatic rings. The van der Waals surface area contributed by atoms with Gasteiger partial charge in [-0.25, -0.2) is 4.39 Å². The fourth-order valence-electron chi connectivity index (χ4n) is 1.90. The maximum Gasteiger partial charge on any atom is 0.252 e. The Labute approximate surface area is 137 Å². The van der Waals surface area contributed by atoms with Crippen molar-refractivity contribution in [3.05, 3.63) is 64.4 Å². The summed E-state index contributed by atoms with van der Waals surface area (Å²) in [5.74, 6) is -0.958. The molecule has 0 aliphatic heterocycles. The number of amides is 1. The minimum Gasteiger partial charge on any atom is -0.387 e. The summed E-state index contributed by atoms with van der Waals surface area (Å²) in [6.45, 7) is 0.0468. The molecule has 116 valence electrons. The van der Waals surface area contributed by atoms with E-state index in [1.807, 2.05) is 30.5 Å². The lowest BCUT2D eigenvalue weighted by Gasteiger charge is -2.13. The summed E-state index contributed by atoms with van der Waals surface area (Å²) in [6.07, 6.45) is 1.15. The first-order valence-electron chi connectivity index (χ1n) is 6.56. The number of hydrogen-bond donors (Lipinski definition) is 2. The molecule has 0 aliphatic carbocycles. The molecular weight excluding hydrogens is 325 g/mol. The Morgan fingerprint density at radius 2 is 2.00 bits per heavy atom. The first kappa shape index (κ1) is 16.8. The third-order valence-electron chi connectivity index (χ3n) is 3.13. The second kappa shape index (κ2) is 7.63. The molecule has 0 aliphatic rings. The molecule has 0 radical (unpaired) electrons. The van der Waals surface area contributed by atoms with Gasteiger partial charge in [0.15, 0.2) is 0 Å². The Morgan fingerprint density at radius 1 is 1.32 bits per heavy atom. The van der Waals surface area contributed by atoms with Gasteiger partial charge in [0.2, 0.25) is 0 Å². The summed E-state index contributed by atoms with van der Waals surface area (Å²) in [4.78, 5) is 13.1. The van der Waals surface area contributed by atoms with Crippen molar-refractivity contribution in [2.45, 2.75) is 11.0 Å². The number of halogens is 2. The molecule has 2 N–H and O–H groups in total. The van der Waals surface area contributed by atoms with Crippen LogP contribution < -0.4 is 5.32 Å². The van der Waals surface area contributed by atoms with Crippen LogP contribution in [0.3, 0.4) is 0 Å². The van der Waals surface area contributed by atoms with Gasteiger partial charge in [-0.1, -0.05) is 23.7 Å². The standard InChI is InChI=1S/C16H15ClFNO2S/c1-22-12-5-2-10(3-6-12)15(20)9-19-16(21)13-7-4-11(18)8-14(13)17/h2-8,15,20H,9H2,1H3,(H,19,21). The predicted octanol–water partition coefficient (Wildman–Crippen LogP) is 3.66. The van der Waals surface area contributed by atoms with Crippen molar-refractivity contribution >= 4 is 29.3 Å². The van der Waals surface area contributed by atoms with Gasteiger partial charge in [-0.3, -0.25) is 4.79 Å². The number of thioether (sulfide) groups is 1. The number of carbonyl (C=O) groups is 1. The minimum atomic E-state index is -0.820. The number of nitrogens with one attached hydrogen (secondary N) is 1. The van der Waals surface area contributed by atoms with Crippen LogP contribution in [-0.4, -0.2) is 23.8 Å². The highest BCUT2D eigenvalue weighted by atomic mass is 35.5. The zero-order valence-electron chi connectivity index (χ0n) is 11.8. The van der Waals surface area contributed by atoms with E-state index < -0.39 is 17.8 Å². The normalized spacial score (nSPS) is 12.0. The lowest BCUT2D eigenvalue weighted by molar-refractivity contribution is 0.0916. The van der Waals surface area contributed by atoms with Crippen molar-refractivity contribution in [3.63, 3.8) is 0 Å². The van der Waals surface area contributed by atoms with Gasteiger partial charge in [0.1, 0.15) is 5.82 Å². The number of hydrogen-bond acceptors (Lipinski definition) is 3. The zero-order chi connectivity index (χ0) is 16.1. The van der Waals surface area contributed by atoms with Gasteiger partial charge >= 0.3 is 0 Å². The van der Waals surface area contributed by atoms with E-state index in [4.69, 9.17) is 11.6 Å². The third-order valence-corrected chi connectivity index (χ3v) is 4.19. The molecule has 0 saturated carbocycles. The highest BCUT2D eigenvalue weighted by Gasteiger charge is 2.13. The van der Waals surface area contributed by atoms with Crippen molar-refractivity contribution in [3.8, 4) is 0 Å². The van der Waals surface area contributed by atoms with E-state index in [1.54, 1.807) is 11.8 Å². The molecule has 2 rings (SSSR count). The first-order valence-corrected chi connectivity index (χ1v) is 8.17. The van der Waals surface area contributed by atoms with Crippen LogP contribution in [0, 0.1) is 5.82 Å². The quantitative estimate of drug-likeness (QED) is 0.817. The van der Waals surface area contributed by atoms with E-state index in [0.29, 0.717) is 5.56 Å². The van der Waals surface area contributed by atoms with Crippen molar-refractivity contribution < 1.29 is 14.3 Å². The molecule has 3 nitrogen and oxygen atoms in total. The van der Waals surface area contributed by atoms with Crippen molar-refractivity contribution in [2.75, 3.05) is 12.8 Å². The van der Waals surface area contributed by atoms with Crippen LogP contribution in [0.25, 0.3) is 0 Å². The van der Waals surface area contributed by atoms with Gasteiger partial charge in [-0.15, -0.1) is 11.8 Å². The van der Waals surface area contributed by atoms with E-state index in [2.05, 4.69) is 5.32 Å². The van der Waals surface area contributed by atoms with E-state index >= 15 is 0 Å². The van der Waals surface area contributed by atoms with Gasteiger partial charge in [0.25, 0.3) is 5.91 Å². The molecule has 0 aromatic heterocycles. The topological polar surface area (TPSA) is 49.3 Å². The van der Waals surface area contributed by atoms with Crippen LogP contribution in [-0.2, 0) is 0 Å². The molecule has 6 heteroatoms. The molecule has 1 unspecified atom stereocenters. The second-order valence-corrected chi connectivity index (χ2v) is 5.91. The fourth-order valence-corrected chi connectivity index (χ4v) is 2.56. The lowest BCUT2D eigenvalue weighted by atomic mass is 10.1. The Morgan fingerprint density at radius 3 is 2.59 bits per heavy atom. The van der Waals surface area contributed by atoms with Crippen LogP contribution >= 0.6 is 23.4 Å². The van der Waals surface area contributed by atoms with Crippen molar-refractivity contribution in [1.82, 2.24) is 5.32 Å². The fraction of sp³-hybridized carbons (Fsp3) is 0.188. The smallest absolute Gasteiger partial charge is 0.252 e. The number of aliphatic hydroxyl groups is 1. The third kappa shape index (κ3) is 4.22. The molecule has 1 atom stereocenters. The average molecular weight is 340 g/mol. The van der Waals surface area contributed by atoms with Crippen molar-refractivity contribution in [1.29, 1.82) is 0 Å². The highest BCUT2D eigenvalue weighted by Crippen LogP contribution is 2.20. The van der Waals surface area contributed by atoms with Gasteiger partial charge in [0.05, 0.1) is 16.7 Å². The van der Waals surface area contributed by atoms with E-state index in [9.17, 15) is 14.3 Å². The Hall–Kier alpha value is -1.56. The van der Waals surface area contributed by atoms with E-state index in [1.165, 1.54) is 12.1 Å². The molecule has 2 aromatic carbocycles. The van der Waals surface area contributed by atoms with Crippen LogP contribution in [0.15, 0.2) is 47.4 Å². The number of rotatable bonds is 5. The first-order chi connectivity index (χ1) is 10.5. The van der Waals surface area contributed by atoms with Crippen LogP contribution in [0.2, 0.25) is 5.02 Å². The number of aliphatic hydroxyl groups excluding tert-OH is 1. The number of benzene rings is 2. The Balaban J connectivity index is 1.97. The monoisotopic (exact) mass is 339 g/mol. The minimum absolute atomic E-state index is 0.0383. The number of carbonyl (C=O) groups excluding carboxylic acids is 1. The molecule has 0 heterocycles. The van der Waals surface area contributed by atoms with Gasteiger partial charge in [-0.05, 0) is 42.2 Å². The van der Waals surface area contributed by atoms with Gasteiger partial charge < -0.3 is 10.4 Å². The van der Waals surface area contributed by atoms with Crippen molar-refractivity contribution in [2.24, 2.45) is 0 Å². The summed E-state index contributed by atoms with van der Waals surface area (Å²) >= 11 is 7.44. The van der Waals surface area contributed by atoms with Gasteiger partial charge in [0, 0.05) is 11.4 Å². The summed E-state index contributed by atoms with van der Waals surface area (Å²) in [7, 11) is 0. The zero-order valence-corrected chi connectivity index (χ0v) is 13.4. The highest BCUT2D eigenvalue weighted by molar-refractivity contribution is 7.98. The average Bonchev–Trinajstić information content (AvgIpc) is 2.52. The molecule has 22 heavy (non-hydrogen) atoms. The lowest BCUT2D eigenvalue weighted by Crippen LogP contribution is -2.28. The van der Waals surface area contributed by atoms with Crippen LogP contribution in [0.1, 0.15) is 22.0 Å². The molecule has 0 spiro atoms.